The Bertz CT molecular complexity index is 220. The molecule has 0 spiro atoms. The highest BCUT2D eigenvalue weighted by molar-refractivity contribution is 5.86. The van der Waals surface area contributed by atoms with Crippen LogP contribution in [0.25, 0.3) is 0 Å². The largest absolute Gasteiger partial charge is 0.354 e. The predicted octanol–water partition coefficient (Wildman–Crippen LogP) is 1.60. The second kappa shape index (κ2) is 5.91. The molecule has 0 aliphatic carbocycles. The van der Waals surface area contributed by atoms with Crippen molar-refractivity contribution >= 4 is 5.91 Å². The number of carbonyl (C=O) groups is 1. The summed E-state index contributed by atoms with van der Waals surface area (Å²) in [5.41, 5.74) is -0.282. The van der Waals surface area contributed by atoms with E-state index in [4.69, 9.17) is 0 Å². The maximum absolute atomic E-state index is 12.0. The van der Waals surface area contributed by atoms with Crippen molar-refractivity contribution in [1.29, 1.82) is 0 Å². The molecule has 1 amide bonds. The molecule has 1 heterocycles. The molecule has 0 aromatic carbocycles. The van der Waals surface area contributed by atoms with Gasteiger partial charge in [-0.3, -0.25) is 4.79 Å². The fraction of sp³-hybridized carbons (Fsp3) is 0.750. The van der Waals surface area contributed by atoms with E-state index in [1.807, 2.05) is 6.08 Å². The van der Waals surface area contributed by atoms with Crippen molar-refractivity contribution in [3.63, 3.8) is 0 Å². The zero-order valence-electron chi connectivity index (χ0n) is 9.64. The van der Waals surface area contributed by atoms with E-state index in [1.54, 1.807) is 0 Å². The number of amides is 1. The van der Waals surface area contributed by atoms with Crippen LogP contribution in [0.1, 0.15) is 39.0 Å². The van der Waals surface area contributed by atoms with Gasteiger partial charge in [-0.1, -0.05) is 19.4 Å². The second-order valence-corrected chi connectivity index (χ2v) is 4.20. The number of hydrogen-bond acceptors (Lipinski definition) is 2. The lowest BCUT2D eigenvalue weighted by Gasteiger charge is -2.27. The first-order chi connectivity index (χ1) is 7.25. The Kier molecular flexibility index (Phi) is 4.82. The Balaban J connectivity index is 2.47. The van der Waals surface area contributed by atoms with Crippen LogP contribution in [0.2, 0.25) is 0 Å². The van der Waals surface area contributed by atoms with Crippen molar-refractivity contribution in [2.75, 3.05) is 13.1 Å². The summed E-state index contributed by atoms with van der Waals surface area (Å²) in [6, 6.07) is 0. The normalized spacial score (nSPS) is 25.1. The Hall–Kier alpha value is -0.830. The van der Waals surface area contributed by atoms with Crippen LogP contribution in [0.3, 0.4) is 0 Å². The van der Waals surface area contributed by atoms with Crippen molar-refractivity contribution in [1.82, 2.24) is 10.6 Å². The molecule has 1 saturated heterocycles. The Labute approximate surface area is 92.3 Å². The van der Waals surface area contributed by atoms with E-state index in [-0.39, 0.29) is 11.4 Å². The van der Waals surface area contributed by atoms with E-state index in [2.05, 4.69) is 24.1 Å². The van der Waals surface area contributed by atoms with E-state index >= 15 is 0 Å². The molecule has 86 valence electrons. The molecule has 0 radical (unpaired) electrons. The Morgan fingerprint density at radius 3 is 3.00 bits per heavy atom. The molecule has 1 aliphatic heterocycles. The molecule has 0 saturated carbocycles. The summed E-state index contributed by atoms with van der Waals surface area (Å²) in [6.45, 7) is 7.44. The van der Waals surface area contributed by atoms with Gasteiger partial charge in [-0.15, -0.1) is 6.58 Å². The number of hydrogen-bond donors (Lipinski definition) is 2. The van der Waals surface area contributed by atoms with Crippen LogP contribution in [-0.2, 0) is 4.79 Å². The first-order valence-electron chi connectivity index (χ1n) is 5.89. The third-order valence-corrected chi connectivity index (χ3v) is 2.99. The lowest BCUT2D eigenvalue weighted by Crippen LogP contribution is -2.53. The summed E-state index contributed by atoms with van der Waals surface area (Å²) in [5, 5.41) is 6.34. The highest BCUT2D eigenvalue weighted by Crippen LogP contribution is 2.24. The molecule has 15 heavy (non-hydrogen) atoms. The lowest BCUT2D eigenvalue weighted by atomic mass is 9.91. The van der Waals surface area contributed by atoms with Gasteiger partial charge in [0.15, 0.2) is 0 Å². The van der Waals surface area contributed by atoms with E-state index in [0.29, 0.717) is 6.54 Å². The van der Waals surface area contributed by atoms with Gasteiger partial charge in [-0.2, -0.15) is 0 Å². The van der Waals surface area contributed by atoms with E-state index < -0.39 is 0 Å². The quantitative estimate of drug-likeness (QED) is 0.516. The van der Waals surface area contributed by atoms with Crippen molar-refractivity contribution in [2.24, 2.45) is 0 Å². The minimum absolute atomic E-state index is 0.170. The maximum Gasteiger partial charge on any atom is 0.240 e. The van der Waals surface area contributed by atoms with Crippen LogP contribution >= 0.6 is 0 Å². The predicted molar refractivity (Wildman–Crippen MR) is 62.7 cm³/mol. The first-order valence-corrected chi connectivity index (χ1v) is 5.89. The summed E-state index contributed by atoms with van der Waals surface area (Å²) in [4.78, 5) is 12.0. The molecular formula is C12H22N2O. The van der Waals surface area contributed by atoms with Crippen LogP contribution < -0.4 is 10.6 Å². The van der Waals surface area contributed by atoms with Gasteiger partial charge in [0.1, 0.15) is 0 Å². The smallest absolute Gasteiger partial charge is 0.240 e. The molecule has 0 bridgehead atoms. The lowest BCUT2D eigenvalue weighted by molar-refractivity contribution is -0.127. The van der Waals surface area contributed by atoms with Crippen LogP contribution in [0.5, 0.6) is 0 Å². The number of nitrogens with one attached hydrogen (secondary N) is 2. The molecule has 1 unspecified atom stereocenters. The summed E-state index contributed by atoms with van der Waals surface area (Å²) in [5.74, 6) is 0.170. The monoisotopic (exact) mass is 210 g/mol. The Morgan fingerprint density at radius 1 is 1.67 bits per heavy atom. The molecule has 1 aliphatic rings. The van der Waals surface area contributed by atoms with Crippen LogP contribution in [0, 0.1) is 0 Å². The van der Waals surface area contributed by atoms with E-state index in [9.17, 15) is 4.79 Å². The molecule has 0 aromatic rings. The minimum atomic E-state index is -0.282. The summed E-state index contributed by atoms with van der Waals surface area (Å²) < 4.78 is 0. The van der Waals surface area contributed by atoms with E-state index in [0.717, 1.165) is 38.6 Å². The molecule has 1 rings (SSSR count). The second-order valence-electron chi connectivity index (χ2n) is 4.20. The third-order valence-electron chi connectivity index (χ3n) is 2.99. The minimum Gasteiger partial charge on any atom is -0.354 e. The molecular weight excluding hydrogens is 188 g/mol. The zero-order chi connectivity index (χ0) is 11.1. The standard InChI is InChI=1S/C12H22N2O/c1-3-5-9-13-11(15)12(7-4-2)8-6-10-14-12/h3,14H,1,4-10H2,2H3,(H,13,15). The number of rotatable bonds is 6. The molecule has 1 fully saturated rings. The highest BCUT2D eigenvalue weighted by Gasteiger charge is 2.39. The molecule has 0 aromatic heterocycles. The third kappa shape index (κ3) is 3.06. The van der Waals surface area contributed by atoms with Gasteiger partial charge in [0.2, 0.25) is 5.91 Å². The van der Waals surface area contributed by atoms with Gasteiger partial charge in [0.05, 0.1) is 5.54 Å². The molecule has 3 nitrogen and oxygen atoms in total. The topological polar surface area (TPSA) is 41.1 Å². The van der Waals surface area contributed by atoms with Crippen molar-refractivity contribution in [2.45, 2.75) is 44.6 Å². The fourth-order valence-electron chi connectivity index (χ4n) is 2.21. The maximum atomic E-state index is 12.0. The summed E-state index contributed by atoms with van der Waals surface area (Å²) in [7, 11) is 0. The van der Waals surface area contributed by atoms with Crippen LogP contribution in [0.4, 0.5) is 0 Å². The van der Waals surface area contributed by atoms with Gasteiger partial charge >= 0.3 is 0 Å². The number of carbonyl (C=O) groups excluding carboxylic acids is 1. The SMILES string of the molecule is C=CCCNC(=O)C1(CCC)CCCN1. The average molecular weight is 210 g/mol. The molecule has 2 N–H and O–H groups in total. The van der Waals surface area contributed by atoms with Crippen molar-refractivity contribution < 1.29 is 4.79 Å². The summed E-state index contributed by atoms with van der Waals surface area (Å²) in [6.07, 6.45) is 6.73. The fourth-order valence-corrected chi connectivity index (χ4v) is 2.21. The van der Waals surface area contributed by atoms with Gasteiger partial charge in [-0.25, -0.2) is 0 Å². The zero-order valence-corrected chi connectivity index (χ0v) is 9.64. The molecule has 1 atom stereocenters. The van der Waals surface area contributed by atoms with Crippen molar-refractivity contribution in [3.05, 3.63) is 12.7 Å². The van der Waals surface area contributed by atoms with Gasteiger partial charge < -0.3 is 10.6 Å². The first kappa shape index (κ1) is 12.2. The highest BCUT2D eigenvalue weighted by atomic mass is 16.2. The molecule has 3 heteroatoms. The van der Waals surface area contributed by atoms with Gasteiger partial charge in [0.25, 0.3) is 0 Å². The van der Waals surface area contributed by atoms with E-state index in [1.165, 1.54) is 0 Å². The van der Waals surface area contributed by atoms with Gasteiger partial charge in [0, 0.05) is 6.54 Å². The average Bonchev–Trinajstić information content (AvgIpc) is 2.68. The van der Waals surface area contributed by atoms with Crippen LogP contribution in [0.15, 0.2) is 12.7 Å². The van der Waals surface area contributed by atoms with Crippen LogP contribution in [-0.4, -0.2) is 24.5 Å². The summed E-state index contributed by atoms with van der Waals surface area (Å²) >= 11 is 0. The van der Waals surface area contributed by atoms with Gasteiger partial charge in [-0.05, 0) is 32.2 Å². The van der Waals surface area contributed by atoms with Crippen molar-refractivity contribution in [3.8, 4) is 0 Å². The Morgan fingerprint density at radius 2 is 2.47 bits per heavy atom.